The summed E-state index contributed by atoms with van der Waals surface area (Å²) < 4.78 is 28.2. The Hall–Kier alpha value is -3.85. The number of anilines is 3. The van der Waals surface area contributed by atoms with Crippen molar-refractivity contribution in [1.82, 2.24) is 0 Å². The van der Waals surface area contributed by atoms with E-state index in [1.165, 1.54) is 27.7 Å². The highest BCUT2D eigenvalue weighted by Crippen LogP contribution is 2.44. The minimum Gasteiger partial charge on any atom is -0.463 e. The number of hydrogen-bond acceptors (Lipinski definition) is 13. The number of thioether (sulfide) groups is 1. The molecule has 14 nitrogen and oxygen atoms in total. The van der Waals surface area contributed by atoms with Gasteiger partial charge in [-0.15, -0.1) is 0 Å². The van der Waals surface area contributed by atoms with E-state index in [1.54, 1.807) is 12.1 Å². The lowest BCUT2D eigenvalue weighted by molar-refractivity contribution is -0.237. The van der Waals surface area contributed by atoms with Crippen molar-refractivity contribution >= 4 is 64.5 Å². The van der Waals surface area contributed by atoms with Gasteiger partial charge >= 0.3 is 23.9 Å². The molecule has 2 N–H and O–H groups in total. The molecule has 1 fully saturated rings. The first kappa shape index (κ1) is 39.3. The predicted octanol–water partition coefficient (Wildman–Crippen LogP) is 4.19. The Kier molecular flexibility index (Phi) is 16.0. The van der Waals surface area contributed by atoms with Crippen molar-refractivity contribution in [3.05, 3.63) is 12.1 Å². The van der Waals surface area contributed by atoms with E-state index in [9.17, 15) is 28.8 Å². The van der Waals surface area contributed by atoms with Gasteiger partial charge in [0.2, 0.25) is 11.8 Å². The molecule has 2 amide bonds. The van der Waals surface area contributed by atoms with Crippen LogP contribution in [-0.2, 0) is 52.5 Å². The average molecular weight is 682 g/mol. The van der Waals surface area contributed by atoms with Crippen molar-refractivity contribution in [3.8, 4) is 0 Å². The first-order valence-electron chi connectivity index (χ1n) is 15.6. The zero-order valence-corrected chi connectivity index (χ0v) is 29.2. The van der Waals surface area contributed by atoms with E-state index in [4.69, 9.17) is 23.7 Å². The highest BCUT2D eigenvalue weighted by Gasteiger charge is 2.52. The summed E-state index contributed by atoms with van der Waals surface area (Å²) in [6.07, 6.45) is -1.44. The van der Waals surface area contributed by atoms with Gasteiger partial charge in [-0.1, -0.05) is 38.5 Å². The summed E-state index contributed by atoms with van der Waals surface area (Å²) in [6, 6.07) is 3.46. The third-order valence-electron chi connectivity index (χ3n) is 6.81. The van der Waals surface area contributed by atoms with E-state index in [-0.39, 0.29) is 18.4 Å². The van der Waals surface area contributed by atoms with E-state index in [1.807, 2.05) is 0 Å². The van der Waals surface area contributed by atoms with Crippen molar-refractivity contribution in [3.63, 3.8) is 0 Å². The van der Waals surface area contributed by atoms with Gasteiger partial charge in [0.1, 0.15) is 18.1 Å². The number of carbonyl (C=O) groups is 6. The van der Waals surface area contributed by atoms with Crippen LogP contribution in [0.4, 0.5) is 17.1 Å². The second-order valence-corrected chi connectivity index (χ2v) is 12.2. The maximum absolute atomic E-state index is 12.4. The van der Waals surface area contributed by atoms with Crippen molar-refractivity contribution in [2.24, 2.45) is 0 Å². The minimum absolute atomic E-state index is 0.300. The van der Waals surface area contributed by atoms with Crippen molar-refractivity contribution in [1.29, 1.82) is 0 Å². The fourth-order valence-electron chi connectivity index (χ4n) is 4.96. The van der Waals surface area contributed by atoms with Crippen LogP contribution in [0, 0.1) is 0 Å². The second kappa shape index (κ2) is 19.1. The number of hydrogen-bond donors (Lipinski definition) is 2. The molecule has 1 heterocycles. The Labute approximate surface area is 279 Å². The van der Waals surface area contributed by atoms with Crippen LogP contribution in [0.5, 0.6) is 0 Å². The molecule has 1 aromatic rings. The second-order valence-electron chi connectivity index (χ2n) is 11.1. The van der Waals surface area contributed by atoms with Crippen molar-refractivity contribution < 1.29 is 52.5 Å². The zero-order chi connectivity index (χ0) is 35.3. The van der Waals surface area contributed by atoms with Crippen LogP contribution in [-0.4, -0.2) is 85.2 Å². The number of amides is 2. The van der Waals surface area contributed by atoms with E-state index in [2.05, 4.69) is 29.4 Å². The molecule has 0 bridgehead atoms. The number of esters is 4. The number of nitrogens with one attached hydrogen (secondary N) is 2. The highest BCUT2D eigenvalue weighted by molar-refractivity contribution is 8.00. The van der Waals surface area contributed by atoms with E-state index in [0.29, 0.717) is 35.0 Å². The molecule has 1 aromatic carbocycles. The summed E-state index contributed by atoms with van der Waals surface area (Å²) >= 11 is 1.05. The molecule has 47 heavy (non-hydrogen) atoms. The molecule has 2 rings (SSSR count). The molecule has 0 aromatic heterocycles. The molecule has 1 saturated heterocycles. The Morgan fingerprint density at radius 2 is 1.23 bits per heavy atom. The zero-order valence-electron chi connectivity index (χ0n) is 28.3. The molecule has 0 radical (unpaired) electrons. The van der Waals surface area contributed by atoms with Gasteiger partial charge in [-0.2, -0.15) is 0 Å². The van der Waals surface area contributed by atoms with Gasteiger partial charge in [0.15, 0.2) is 18.3 Å². The lowest BCUT2D eigenvalue weighted by atomic mass is 9.99. The fraction of sp³-hybridized carbons (Fsp3) is 0.625. The van der Waals surface area contributed by atoms with Crippen LogP contribution >= 0.6 is 11.8 Å². The van der Waals surface area contributed by atoms with Crippen LogP contribution < -0.4 is 15.5 Å². The monoisotopic (exact) mass is 681 g/mol. The Morgan fingerprint density at radius 1 is 0.723 bits per heavy atom. The number of ether oxygens (including phenoxy) is 5. The lowest BCUT2D eigenvalue weighted by Crippen LogP contribution is -2.61. The minimum atomic E-state index is -1.35. The Balaban J connectivity index is 2.79. The third kappa shape index (κ3) is 12.7. The summed E-state index contributed by atoms with van der Waals surface area (Å²) in [7, 11) is 0. The SMILES string of the molecule is CCCCN(CCCC)c1cc(S[C@@H]2O[C@H](COC(C)=O)[C@H](OC(C)=O)[C@H](OC(C)=O)[C@H]2OC(C)=O)c(NC(C)=O)cc1NC(C)=O. The van der Waals surface area contributed by atoms with Gasteiger partial charge in [-0.3, -0.25) is 28.8 Å². The van der Waals surface area contributed by atoms with Gasteiger partial charge < -0.3 is 39.2 Å². The van der Waals surface area contributed by atoms with Gasteiger partial charge in [0.25, 0.3) is 0 Å². The molecule has 0 aliphatic carbocycles. The topological polar surface area (TPSA) is 176 Å². The summed E-state index contributed by atoms with van der Waals surface area (Å²) in [4.78, 5) is 75.8. The molecule has 0 saturated carbocycles. The van der Waals surface area contributed by atoms with E-state index >= 15 is 0 Å². The van der Waals surface area contributed by atoms with Crippen LogP contribution in [0.2, 0.25) is 0 Å². The van der Waals surface area contributed by atoms with Gasteiger partial charge in [-0.05, 0) is 25.0 Å². The maximum atomic E-state index is 12.4. The van der Waals surface area contributed by atoms with E-state index < -0.39 is 53.7 Å². The van der Waals surface area contributed by atoms with Crippen LogP contribution in [0.15, 0.2) is 17.0 Å². The first-order chi connectivity index (χ1) is 22.2. The largest absolute Gasteiger partial charge is 0.463 e. The number of benzene rings is 1. The number of unbranched alkanes of at least 4 members (excludes halogenated alkanes) is 2. The average Bonchev–Trinajstić information content (AvgIpc) is 2.95. The maximum Gasteiger partial charge on any atom is 0.303 e. The fourth-order valence-corrected chi connectivity index (χ4v) is 6.17. The first-order valence-corrected chi connectivity index (χ1v) is 16.5. The molecule has 5 atom stereocenters. The predicted molar refractivity (Wildman–Crippen MR) is 175 cm³/mol. The molecule has 15 heteroatoms. The van der Waals surface area contributed by atoms with Crippen molar-refractivity contribution in [2.75, 3.05) is 35.2 Å². The molecule has 0 unspecified atom stereocenters. The quantitative estimate of drug-likeness (QED) is 0.188. The number of rotatable bonds is 16. The van der Waals surface area contributed by atoms with Crippen molar-refractivity contribution in [2.45, 2.75) is 116 Å². The molecule has 1 aliphatic heterocycles. The molecule has 262 valence electrons. The van der Waals surface area contributed by atoms with Crippen LogP contribution in [0.1, 0.15) is 81.1 Å². The summed E-state index contributed by atoms with van der Waals surface area (Å²) in [5, 5.41) is 5.67. The lowest BCUT2D eigenvalue weighted by Gasteiger charge is -2.44. The Bertz CT molecular complexity index is 1280. The van der Waals surface area contributed by atoms with Gasteiger partial charge in [0.05, 0.1) is 17.1 Å². The molecular weight excluding hydrogens is 634 g/mol. The molecule has 1 aliphatic rings. The summed E-state index contributed by atoms with van der Waals surface area (Å²) in [5.74, 6) is -3.52. The molecule has 0 spiro atoms. The number of carbonyl (C=O) groups excluding carboxylic acids is 6. The third-order valence-corrected chi connectivity index (χ3v) is 8.02. The van der Waals surface area contributed by atoms with Crippen LogP contribution in [0.3, 0.4) is 0 Å². The normalized spacial score (nSPS) is 20.4. The van der Waals surface area contributed by atoms with Crippen LogP contribution in [0.25, 0.3) is 0 Å². The van der Waals surface area contributed by atoms with Gasteiger partial charge in [0, 0.05) is 59.5 Å². The summed E-state index contributed by atoms with van der Waals surface area (Å²) in [6.45, 7) is 12.6. The number of nitrogens with zero attached hydrogens (tertiary/aromatic N) is 1. The Morgan fingerprint density at radius 3 is 1.72 bits per heavy atom. The molecular formula is C32H47N3O11S. The summed E-state index contributed by atoms with van der Waals surface area (Å²) in [5.41, 5.74) is 0.389. The standard InChI is InChI=1S/C32H47N3O11S/c1-9-11-13-35(14-12-10-2)26-16-28(25(34-19(4)37)15-24(26)33-18(3)36)47-32-31(45-23(8)41)30(44-22(7)40)29(43-21(6)39)27(46-32)17-42-20(5)38/h15-16,27,29-32H,9-14,17H2,1-8H3,(H,33,36)(H,34,37)/t27-,29+,30+,31-,32+/m1/s1. The highest BCUT2D eigenvalue weighted by atomic mass is 32.2. The van der Waals surface area contributed by atoms with E-state index in [0.717, 1.165) is 51.3 Å². The smallest absolute Gasteiger partial charge is 0.303 e. The van der Waals surface area contributed by atoms with Gasteiger partial charge in [-0.25, -0.2) is 0 Å².